The van der Waals surface area contributed by atoms with Gasteiger partial charge in [0.15, 0.2) is 0 Å². The Bertz CT molecular complexity index is 1110. The van der Waals surface area contributed by atoms with Gasteiger partial charge in [-0.25, -0.2) is 0 Å². The summed E-state index contributed by atoms with van der Waals surface area (Å²) < 4.78 is 7.23. The highest BCUT2D eigenvalue weighted by molar-refractivity contribution is 5.99. The molecule has 0 spiro atoms. The van der Waals surface area contributed by atoms with Crippen LogP contribution in [-0.2, 0) is 7.05 Å². The number of nitrogens with zero attached hydrogens (tertiary/aromatic N) is 4. The fourth-order valence-corrected chi connectivity index (χ4v) is 3.20. The van der Waals surface area contributed by atoms with E-state index in [2.05, 4.69) is 20.4 Å². The Hall–Kier alpha value is -3.48. The summed E-state index contributed by atoms with van der Waals surface area (Å²) in [6, 6.07) is 11.1. The van der Waals surface area contributed by atoms with Crippen molar-refractivity contribution in [2.75, 3.05) is 0 Å². The van der Waals surface area contributed by atoms with Crippen molar-refractivity contribution in [3.8, 4) is 11.4 Å². The number of fused-ring (bicyclic) bond motifs is 1. The second-order valence-corrected chi connectivity index (χ2v) is 6.49. The van der Waals surface area contributed by atoms with Gasteiger partial charge in [-0.2, -0.15) is 4.98 Å². The standard InChI is InChI=1S/C20H19N5O2/c1-12-5-4-6-15-11-16(25(3)17(12)15)19(26)22-13(2)20-23-18(24-27-20)14-7-9-21-10-8-14/h4-11,13H,1-3H3,(H,22,26)/t13-/m0/s1. The van der Waals surface area contributed by atoms with Crippen LogP contribution in [0.3, 0.4) is 0 Å². The second-order valence-electron chi connectivity index (χ2n) is 6.49. The maximum absolute atomic E-state index is 12.8. The van der Waals surface area contributed by atoms with E-state index >= 15 is 0 Å². The Morgan fingerprint density at radius 1 is 1.22 bits per heavy atom. The van der Waals surface area contributed by atoms with Crippen molar-refractivity contribution in [1.29, 1.82) is 0 Å². The number of carbonyl (C=O) groups is 1. The van der Waals surface area contributed by atoms with Gasteiger partial charge in [-0.1, -0.05) is 23.4 Å². The number of carbonyl (C=O) groups excluding carboxylic acids is 1. The number of benzene rings is 1. The van der Waals surface area contributed by atoms with Gasteiger partial charge in [0.05, 0.1) is 5.52 Å². The average molecular weight is 361 g/mol. The zero-order chi connectivity index (χ0) is 19.0. The van der Waals surface area contributed by atoms with Crippen LogP contribution >= 0.6 is 0 Å². The minimum absolute atomic E-state index is 0.190. The Morgan fingerprint density at radius 3 is 2.74 bits per heavy atom. The first-order valence-corrected chi connectivity index (χ1v) is 8.64. The van der Waals surface area contributed by atoms with E-state index in [1.165, 1.54) is 0 Å². The number of aromatic nitrogens is 4. The molecule has 3 aromatic heterocycles. The molecule has 1 aromatic carbocycles. The number of hydrogen-bond donors (Lipinski definition) is 1. The van der Waals surface area contributed by atoms with E-state index in [4.69, 9.17) is 4.52 Å². The maximum Gasteiger partial charge on any atom is 0.268 e. The minimum atomic E-state index is -0.417. The Morgan fingerprint density at radius 2 is 2.00 bits per heavy atom. The molecule has 1 N–H and O–H groups in total. The summed E-state index contributed by atoms with van der Waals surface area (Å²) in [5, 5.41) is 7.95. The number of nitrogens with one attached hydrogen (secondary N) is 1. The number of aryl methyl sites for hydroxylation is 2. The lowest BCUT2D eigenvalue weighted by Crippen LogP contribution is -2.28. The molecule has 1 amide bonds. The Kier molecular flexibility index (Phi) is 4.19. The molecule has 1 atom stereocenters. The highest BCUT2D eigenvalue weighted by atomic mass is 16.5. The van der Waals surface area contributed by atoms with Gasteiger partial charge in [0.1, 0.15) is 11.7 Å². The zero-order valence-electron chi connectivity index (χ0n) is 15.3. The third-order valence-corrected chi connectivity index (χ3v) is 4.59. The molecule has 0 saturated carbocycles. The molecule has 0 unspecified atom stereocenters. The average Bonchev–Trinajstić information content (AvgIpc) is 3.28. The van der Waals surface area contributed by atoms with E-state index in [1.54, 1.807) is 24.5 Å². The molecule has 7 nitrogen and oxygen atoms in total. The summed E-state index contributed by atoms with van der Waals surface area (Å²) >= 11 is 0. The van der Waals surface area contributed by atoms with Crippen molar-refractivity contribution < 1.29 is 9.32 Å². The summed E-state index contributed by atoms with van der Waals surface area (Å²) in [6.07, 6.45) is 3.33. The number of hydrogen-bond acceptors (Lipinski definition) is 5. The van der Waals surface area contributed by atoms with Gasteiger partial charge < -0.3 is 14.4 Å². The third kappa shape index (κ3) is 3.08. The Labute approximate surface area is 156 Å². The summed E-state index contributed by atoms with van der Waals surface area (Å²) in [7, 11) is 1.89. The van der Waals surface area contributed by atoms with E-state index in [0.717, 1.165) is 22.0 Å². The lowest BCUT2D eigenvalue weighted by molar-refractivity contribution is 0.0924. The fraction of sp³-hybridized carbons (Fsp3) is 0.200. The van der Waals surface area contributed by atoms with Crippen LogP contribution in [0.25, 0.3) is 22.3 Å². The highest BCUT2D eigenvalue weighted by Gasteiger charge is 2.20. The first-order chi connectivity index (χ1) is 13.0. The van der Waals surface area contributed by atoms with Crippen LogP contribution < -0.4 is 5.32 Å². The van der Waals surface area contributed by atoms with Crippen molar-refractivity contribution in [3.05, 3.63) is 65.9 Å². The molecule has 136 valence electrons. The molecular weight excluding hydrogens is 342 g/mol. The summed E-state index contributed by atoms with van der Waals surface area (Å²) in [4.78, 5) is 21.1. The van der Waals surface area contributed by atoms with Gasteiger partial charge in [0.2, 0.25) is 11.7 Å². The molecule has 7 heteroatoms. The summed E-state index contributed by atoms with van der Waals surface area (Å²) in [6.45, 7) is 3.85. The van der Waals surface area contributed by atoms with E-state index in [1.807, 2.05) is 49.7 Å². The molecule has 0 bridgehead atoms. The van der Waals surface area contributed by atoms with Gasteiger partial charge in [-0.15, -0.1) is 0 Å². The van der Waals surface area contributed by atoms with E-state index in [-0.39, 0.29) is 5.91 Å². The molecular formula is C20H19N5O2. The minimum Gasteiger partial charge on any atom is -0.339 e. The van der Waals surface area contributed by atoms with Crippen molar-refractivity contribution in [2.24, 2.45) is 7.05 Å². The topological polar surface area (TPSA) is 85.8 Å². The van der Waals surface area contributed by atoms with Crippen LogP contribution in [-0.4, -0.2) is 25.6 Å². The first kappa shape index (κ1) is 17.0. The molecule has 0 aliphatic rings. The predicted octanol–water partition coefficient (Wildman–Crippen LogP) is 3.42. The van der Waals surface area contributed by atoms with Crippen molar-refractivity contribution in [3.63, 3.8) is 0 Å². The van der Waals surface area contributed by atoms with E-state index in [9.17, 15) is 4.79 Å². The number of para-hydroxylation sites is 1. The molecule has 4 aromatic rings. The van der Waals surface area contributed by atoms with Gasteiger partial charge >= 0.3 is 0 Å². The van der Waals surface area contributed by atoms with Gasteiger partial charge in [0.25, 0.3) is 5.91 Å². The van der Waals surface area contributed by atoms with Gasteiger partial charge in [-0.3, -0.25) is 9.78 Å². The summed E-state index contributed by atoms with van der Waals surface area (Å²) in [5.41, 5.74) is 3.57. The van der Waals surface area contributed by atoms with Crippen LogP contribution in [0.15, 0.2) is 53.3 Å². The van der Waals surface area contributed by atoms with E-state index < -0.39 is 6.04 Å². The SMILES string of the molecule is Cc1cccc2cc(C(=O)N[C@@H](C)c3nc(-c4ccncc4)no3)n(C)c12. The fourth-order valence-electron chi connectivity index (χ4n) is 3.20. The lowest BCUT2D eigenvalue weighted by Gasteiger charge is -2.10. The first-order valence-electron chi connectivity index (χ1n) is 8.64. The Balaban J connectivity index is 1.56. The van der Waals surface area contributed by atoms with Crippen LogP contribution in [0.4, 0.5) is 0 Å². The molecule has 0 fully saturated rings. The number of pyridine rings is 1. The molecule has 3 heterocycles. The van der Waals surface area contributed by atoms with Crippen LogP contribution in [0.2, 0.25) is 0 Å². The molecule has 0 radical (unpaired) electrons. The summed E-state index contributed by atoms with van der Waals surface area (Å²) in [5.74, 6) is 0.628. The van der Waals surface area contributed by atoms with Crippen molar-refractivity contribution in [1.82, 2.24) is 25.0 Å². The normalized spacial score (nSPS) is 12.3. The zero-order valence-corrected chi connectivity index (χ0v) is 15.3. The third-order valence-electron chi connectivity index (χ3n) is 4.59. The highest BCUT2D eigenvalue weighted by Crippen LogP contribution is 2.23. The molecule has 0 saturated heterocycles. The predicted molar refractivity (Wildman–Crippen MR) is 101 cm³/mol. The molecule has 4 rings (SSSR count). The van der Waals surface area contributed by atoms with Crippen molar-refractivity contribution in [2.45, 2.75) is 19.9 Å². The van der Waals surface area contributed by atoms with Crippen LogP contribution in [0.5, 0.6) is 0 Å². The number of amides is 1. The molecule has 0 aliphatic heterocycles. The monoisotopic (exact) mass is 361 g/mol. The molecule has 0 aliphatic carbocycles. The van der Waals surface area contributed by atoms with Crippen molar-refractivity contribution >= 4 is 16.8 Å². The largest absolute Gasteiger partial charge is 0.339 e. The second kappa shape index (κ2) is 6.68. The smallest absolute Gasteiger partial charge is 0.268 e. The maximum atomic E-state index is 12.8. The van der Waals surface area contributed by atoms with E-state index in [0.29, 0.717) is 17.4 Å². The van der Waals surface area contributed by atoms with Gasteiger partial charge in [0, 0.05) is 30.4 Å². The quantitative estimate of drug-likeness (QED) is 0.602. The van der Waals surface area contributed by atoms with Crippen LogP contribution in [0.1, 0.15) is 34.9 Å². The number of rotatable bonds is 4. The van der Waals surface area contributed by atoms with Crippen LogP contribution in [0, 0.1) is 6.92 Å². The van der Waals surface area contributed by atoms with Gasteiger partial charge in [-0.05, 0) is 37.6 Å². The lowest BCUT2D eigenvalue weighted by atomic mass is 10.2. The molecule has 27 heavy (non-hydrogen) atoms.